The Bertz CT molecular complexity index is 708. The molecule has 2 aromatic rings. The monoisotopic (exact) mass is 300 g/mol. The highest BCUT2D eigenvalue weighted by molar-refractivity contribution is 6.09. The second-order valence-corrected chi connectivity index (χ2v) is 4.80. The minimum absolute atomic E-state index is 0.163. The molecular formula is C16H16N2O4. The Morgan fingerprint density at radius 3 is 2.32 bits per heavy atom. The molecule has 1 aromatic heterocycles. The van der Waals surface area contributed by atoms with Crippen LogP contribution in [0.1, 0.15) is 16.1 Å². The number of methoxy groups -OCH3 is 3. The van der Waals surface area contributed by atoms with Gasteiger partial charge in [-0.3, -0.25) is 9.78 Å². The van der Waals surface area contributed by atoms with Gasteiger partial charge in [-0.05, 0) is 6.07 Å². The van der Waals surface area contributed by atoms with Crippen LogP contribution < -0.4 is 19.1 Å². The minimum Gasteiger partial charge on any atom is -0.497 e. The smallest absolute Gasteiger partial charge is 0.277 e. The standard InChI is InChI=1S/C16H16N2O4/c1-20-11-6-10(7-12(8-11)21-2)18-9-13-14(22-3)4-5-17-15(13)16(18)19/h4-8H,9H2,1-3H3. The summed E-state index contributed by atoms with van der Waals surface area (Å²) < 4.78 is 15.8. The summed E-state index contributed by atoms with van der Waals surface area (Å²) in [7, 11) is 4.73. The van der Waals surface area contributed by atoms with Crippen molar-refractivity contribution in [3.8, 4) is 17.2 Å². The number of benzene rings is 1. The lowest BCUT2D eigenvalue weighted by Gasteiger charge is -2.17. The molecule has 0 unspecified atom stereocenters. The molecule has 0 atom stereocenters. The number of ether oxygens (including phenoxy) is 3. The zero-order valence-electron chi connectivity index (χ0n) is 12.6. The van der Waals surface area contributed by atoms with Gasteiger partial charge in [0.2, 0.25) is 0 Å². The highest BCUT2D eigenvalue weighted by Gasteiger charge is 2.32. The molecule has 22 heavy (non-hydrogen) atoms. The molecule has 1 aliphatic heterocycles. The molecular weight excluding hydrogens is 284 g/mol. The van der Waals surface area contributed by atoms with Crippen molar-refractivity contribution in [2.45, 2.75) is 6.54 Å². The van der Waals surface area contributed by atoms with E-state index in [4.69, 9.17) is 14.2 Å². The predicted molar refractivity (Wildman–Crippen MR) is 80.8 cm³/mol. The molecule has 0 saturated heterocycles. The van der Waals surface area contributed by atoms with Crippen LogP contribution >= 0.6 is 0 Å². The van der Waals surface area contributed by atoms with Crippen LogP contribution in [0.2, 0.25) is 0 Å². The molecule has 2 heterocycles. The topological polar surface area (TPSA) is 60.9 Å². The first-order valence-electron chi connectivity index (χ1n) is 6.74. The van der Waals surface area contributed by atoms with Gasteiger partial charge in [0.05, 0.1) is 33.6 Å². The third kappa shape index (κ3) is 2.22. The normalized spacial score (nSPS) is 13.0. The van der Waals surface area contributed by atoms with Crippen molar-refractivity contribution in [3.05, 3.63) is 41.7 Å². The Kier molecular flexibility index (Phi) is 3.58. The summed E-state index contributed by atoms with van der Waals surface area (Å²) in [5.41, 5.74) is 1.90. The van der Waals surface area contributed by atoms with E-state index in [1.807, 2.05) is 0 Å². The lowest BCUT2D eigenvalue weighted by Crippen LogP contribution is -2.23. The summed E-state index contributed by atoms with van der Waals surface area (Å²) in [5, 5.41) is 0. The fraction of sp³-hybridized carbons (Fsp3) is 0.250. The van der Waals surface area contributed by atoms with Gasteiger partial charge in [-0.15, -0.1) is 0 Å². The number of rotatable bonds is 4. The number of hydrogen-bond donors (Lipinski definition) is 0. The van der Waals surface area contributed by atoms with E-state index in [2.05, 4.69) is 4.98 Å². The van der Waals surface area contributed by atoms with Crippen molar-refractivity contribution < 1.29 is 19.0 Å². The molecule has 1 aromatic carbocycles. The van der Waals surface area contributed by atoms with Gasteiger partial charge in [-0.2, -0.15) is 0 Å². The molecule has 0 saturated carbocycles. The lowest BCUT2D eigenvalue weighted by molar-refractivity contribution is 0.0992. The van der Waals surface area contributed by atoms with Gasteiger partial charge in [0.25, 0.3) is 5.91 Å². The molecule has 0 bridgehead atoms. The molecule has 1 aliphatic rings. The van der Waals surface area contributed by atoms with E-state index < -0.39 is 0 Å². The number of carbonyl (C=O) groups is 1. The van der Waals surface area contributed by atoms with Crippen LogP contribution in [0.5, 0.6) is 17.2 Å². The molecule has 0 radical (unpaired) electrons. The van der Waals surface area contributed by atoms with Gasteiger partial charge in [-0.25, -0.2) is 0 Å². The number of carbonyl (C=O) groups excluding carboxylic acids is 1. The Morgan fingerprint density at radius 2 is 1.73 bits per heavy atom. The van der Waals surface area contributed by atoms with Crippen molar-refractivity contribution in [2.75, 3.05) is 26.2 Å². The Hall–Kier alpha value is -2.76. The zero-order valence-corrected chi connectivity index (χ0v) is 12.6. The summed E-state index contributed by atoms with van der Waals surface area (Å²) in [4.78, 5) is 18.4. The summed E-state index contributed by atoms with van der Waals surface area (Å²) in [6, 6.07) is 7.09. The zero-order chi connectivity index (χ0) is 15.7. The molecule has 0 spiro atoms. The van der Waals surface area contributed by atoms with Crippen molar-refractivity contribution >= 4 is 11.6 Å². The molecule has 0 aliphatic carbocycles. The van der Waals surface area contributed by atoms with E-state index in [9.17, 15) is 4.79 Å². The van der Waals surface area contributed by atoms with Crippen LogP contribution in [0.15, 0.2) is 30.5 Å². The maximum atomic E-state index is 12.6. The molecule has 6 heteroatoms. The van der Waals surface area contributed by atoms with Gasteiger partial charge in [-0.1, -0.05) is 0 Å². The minimum atomic E-state index is -0.163. The molecule has 0 N–H and O–H groups in total. The van der Waals surface area contributed by atoms with Gasteiger partial charge in [0.15, 0.2) is 0 Å². The van der Waals surface area contributed by atoms with Crippen LogP contribution in [0, 0.1) is 0 Å². The average Bonchev–Trinajstić information content (AvgIpc) is 2.91. The van der Waals surface area contributed by atoms with Crippen molar-refractivity contribution in [2.24, 2.45) is 0 Å². The van der Waals surface area contributed by atoms with Gasteiger partial charge < -0.3 is 19.1 Å². The fourth-order valence-corrected chi connectivity index (χ4v) is 2.52. The van der Waals surface area contributed by atoms with E-state index in [1.165, 1.54) is 0 Å². The third-order valence-electron chi connectivity index (χ3n) is 3.64. The first-order valence-corrected chi connectivity index (χ1v) is 6.74. The number of nitrogens with zero attached hydrogens (tertiary/aromatic N) is 2. The van der Waals surface area contributed by atoms with E-state index in [0.29, 0.717) is 35.2 Å². The molecule has 114 valence electrons. The summed E-state index contributed by atoms with van der Waals surface area (Å²) >= 11 is 0. The molecule has 6 nitrogen and oxygen atoms in total. The number of fused-ring (bicyclic) bond motifs is 1. The first kappa shape index (κ1) is 14.2. The van der Waals surface area contributed by atoms with E-state index in [0.717, 1.165) is 5.56 Å². The van der Waals surface area contributed by atoms with Crippen LogP contribution in [0.3, 0.4) is 0 Å². The maximum absolute atomic E-state index is 12.6. The largest absolute Gasteiger partial charge is 0.497 e. The van der Waals surface area contributed by atoms with Gasteiger partial charge in [0, 0.05) is 30.0 Å². The average molecular weight is 300 g/mol. The number of amides is 1. The number of anilines is 1. The summed E-state index contributed by atoms with van der Waals surface area (Å²) in [5.74, 6) is 1.75. The predicted octanol–water partition coefficient (Wildman–Crippen LogP) is 2.27. The maximum Gasteiger partial charge on any atom is 0.277 e. The Morgan fingerprint density at radius 1 is 1.05 bits per heavy atom. The van der Waals surface area contributed by atoms with E-state index >= 15 is 0 Å². The SMILES string of the molecule is COc1cc(OC)cc(N2Cc3c(OC)ccnc3C2=O)c1. The summed E-state index contributed by atoms with van der Waals surface area (Å²) in [6.45, 7) is 0.404. The van der Waals surface area contributed by atoms with Crippen molar-refractivity contribution in [3.63, 3.8) is 0 Å². The molecule has 3 rings (SSSR count). The van der Waals surface area contributed by atoms with Crippen LogP contribution in [0.25, 0.3) is 0 Å². The Balaban J connectivity index is 2.03. The van der Waals surface area contributed by atoms with Crippen LogP contribution in [-0.4, -0.2) is 32.2 Å². The van der Waals surface area contributed by atoms with Crippen molar-refractivity contribution in [1.82, 2.24) is 4.98 Å². The highest BCUT2D eigenvalue weighted by atomic mass is 16.5. The molecule has 0 fully saturated rings. The quantitative estimate of drug-likeness (QED) is 0.867. The molecule has 1 amide bonds. The van der Waals surface area contributed by atoms with E-state index in [1.54, 1.807) is 56.7 Å². The van der Waals surface area contributed by atoms with E-state index in [-0.39, 0.29) is 5.91 Å². The van der Waals surface area contributed by atoms with Crippen LogP contribution in [-0.2, 0) is 6.54 Å². The Labute approximate surface area is 128 Å². The second-order valence-electron chi connectivity index (χ2n) is 4.80. The van der Waals surface area contributed by atoms with Crippen molar-refractivity contribution in [1.29, 1.82) is 0 Å². The number of aromatic nitrogens is 1. The first-order chi connectivity index (χ1) is 10.7. The second kappa shape index (κ2) is 5.55. The third-order valence-corrected chi connectivity index (χ3v) is 3.64. The number of hydrogen-bond acceptors (Lipinski definition) is 5. The van der Waals surface area contributed by atoms with Crippen LogP contribution in [0.4, 0.5) is 5.69 Å². The number of pyridine rings is 1. The lowest BCUT2D eigenvalue weighted by atomic mass is 10.2. The van der Waals surface area contributed by atoms with Gasteiger partial charge >= 0.3 is 0 Å². The highest BCUT2D eigenvalue weighted by Crippen LogP contribution is 2.35. The fourth-order valence-electron chi connectivity index (χ4n) is 2.52. The summed E-state index contributed by atoms with van der Waals surface area (Å²) in [6.07, 6.45) is 1.57. The van der Waals surface area contributed by atoms with Gasteiger partial charge in [0.1, 0.15) is 22.9 Å².